The molecule has 0 saturated carbocycles. The van der Waals surface area contributed by atoms with Crippen molar-refractivity contribution >= 4 is 0 Å². The van der Waals surface area contributed by atoms with Crippen LogP contribution in [-0.2, 0) is 6.42 Å². The normalized spacial score (nSPS) is 14.9. The molecule has 114 valence electrons. The van der Waals surface area contributed by atoms with Crippen LogP contribution in [0.25, 0.3) is 0 Å². The van der Waals surface area contributed by atoms with Crippen LogP contribution in [0.4, 0.5) is 13.2 Å². The Kier molecular flexibility index (Phi) is 5.83. The summed E-state index contributed by atoms with van der Waals surface area (Å²) in [6.07, 6.45) is -3.30. The first-order valence-electron chi connectivity index (χ1n) is 6.33. The molecule has 0 saturated heterocycles. The van der Waals surface area contributed by atoms with Gasteiger partial charge in [0, 0.05) is 5.54 Å². The molecule has 0 spiro atoms. The predicted molar refractivity (Wildman–Crippen MR) is 70.9 cm³/mol. The van der Waals surface area contributed by atoms with Crippen LogP contribution in [0.3, 0.4) is 0 Å². The number of rotatable bonds is 7. The van der Waals surface area contributed by atoms with Gasteiger partial charge in [-0.25, -0.2) is 0 Å². The van der Waals surface area contributed by atoms with Crippen LogP contribution in [0.1, 0.15) is 18.9 Å². The standard InChI is InChI=1S/C14H20F3NO2/c1-13(10-19,18-9-14(15,16)17)8-7-11-3-5-12(20-2)6-4-11/h3-6,18-19H,7-10H2,1-2H3. The Hall–Kier alpha value is -1.27. The fraction of sp³-hybridized carbons (Fsp3) is 0.571. The van der Waals surface area contributed by atoms with Gasteiger partial charge in [0.1, 0.15) is 5.75 Å². The number of aliphatic hydroxyl groups excluding tert-OH is 1. The minimum absolute atomic E-state index is 0.348. The second kappa shape index (κ2) is 6.95. The summed E-state index contributed by atoms with van der Waals surface area (Å²) in [5.41, 5.74) is 0.0365. The molecule has 0 aliphatic heterocycles. The zero-order valence-electron chi connectivity index (χ0n) is 11.6. The number of benzene rings is 1. The SMILES string of the molecule is COc1ccc(CCC(C)(CO)NCC(F)(F)F)cc1. The van der Waals surface area contributed by atoms with Crippen molar-refractivity contribution in [2.24, 2.45) is 0 Å². The Labute approximate surface area is 116 Å². The van der Waals surface area contributed by atoms with Crippen LogP contribution in [0.15, 0.2) is 24.3 Å². The van der Waals surface area contributed by atoms with E-state index in [0.717, 1.165) is 11.3 Å². The number of ether oxygens (including phenoxy) is 1. The Morgan fingerprint density at radius 1 is 1.20 bits per heavy atom. The number of hydrogen-bond donors (Lipinski definition) is 2. The second-order valence-electron chi connectivity index (χ2n) is 5.04. The summed E-state index contributed by atoms with van der Waals surface area (Å²) in [5.74, 6) is 0.730. The summed E-state index contributed by atoms with van der Waals surface area (Å²) in [6, 6.07) is 7.32. The number of nitrogens with one attached hydrogen (secondary N) is 1. The van der Waals surface area contributed by atoms with Crippen molar-refractivity contribution in [2.45, 2.75) is 31.5 Å². The first-order valence-corrected chi connectivity index (χ1v) is 6.33. The van der Waals surface area contributed by atoms with Crippen molar-refractivity contribution in [3.63, 3.8) is 0 Å². The van der Waals surface area contributed by atoms with Gasteiger partial charge in [-0.05, 0) is 37.5 Å². The van der Waals surface area contributed by atoms with Crippen LogP contribution >= 0.6 is 0 Å². The zero-order chi connectivity index (χ0) is 15.2. The minimum Gasteiger partial charge on any atom is -0.497 e. The first kappa shape index (κ1) is 16.8. The highest BCUT2D eigenvalue weighted by atomic mass is 19.4. The maximum absolute atomic E-state index is 12.2. The van der Waals surface area contributed by atoms with E-state index < -0.39 is 18.3 Å². The number of hydrogen-bond acceptors (Lipinski definition) is 3. The van der Waals surface area contributed by atoms with E-state index in [9.17, 15) is 18.3 Å². The molecule has 0 bridgehead atoms. The Balaban J connectivity index is 2.54. The molecule has 2 N–H and O–H groups in total. The van der Waals surface area contributed by atoms with E-state index in [4.69, 9.17) is 4.74 Å². The molecule has 0 fully saturated rings. The van der Waals surface area contributed by atoms with Gasteiger partial charge in [0.05, 0.1) is 20.3 Å². The topological polar surface area (TPSA) is 41.5 Å². The molecule has 1 unspecified atom stereocenters. The number of methoxy groups -OCH3 is 1. The van der Waals surface area contributed by atoms with E-state index in [0.29, 0.717) is 12.8 Å². The molecule has 6 heteroatoms. The monoisotopic (exact) mass is 291 g/mol. The van der Waals surface area contributed by atoms with Crippen LogP contribution in [0, 0.1) is 0 Å². The molecule has 3 nitrogen and oxygen atoms in total. The van der Waals surface area contributed by atoms with Crippen molar-refractivity contribution in [3.8, 4) is 5.75 Å². The van der Waals surface area contributed by atoms with E-state index in [1.165, 1.54) is 0 Å². The largest absolute Gasteiger partial charge is 0.497 e. The van der Waals surface area contributed by atoms with E-state index in [-0.39, 0.29) is 6.61 Å². The number of aliphatic hydroxyl groups is 1. The van der Waals surface area contributed by atoms with E-state index in [2.05, 4.69) is 5.32 Å². The van der Waals surface area contributed by atoms with E-state index in [1.807, 2.05) is 12.1 Å². The molecule has 0 aliphatic rings. The summed E-state index contributed by atoms with van der Waals surface area (Å²) in [6.45, 7) is 0.133. The molecule has 1 rings (SSSR count). The second-order valence-corrected chi connectivity index (χ2v) is 5.04. The average Bonchev–Trinajstić information content (AvgIpc) is 2.43. The third-order valence-electron chi connectivity index (χ3n) is 3.19. The third-order valence-corrected chi connectivity index (χ3v) is 3.19. The molecular weight excluding hydrogens is 271 g/mol. The lowest BCUT2D eigenvalue weighted by atomic mass is 9.94. The van der Waals surface area contributed by atoms with Crippen molar-refractivity contribution < 1.29 is 23.0 Å². The van der Waals surface area contributed by atoms with Gasteiger partial charge in [0.15, 0.2) is 0 Å². The van der Waals surface area contributed by atoms with Gasteiger partial charge in [0.2, 0.25) is 0 Å². The maximum atomic E-state index is 12.2. The van der Waals surface area contributed by atoms with Crippen LogP contribution in [0.2, 0.25) is 0 Å². The third kappa shape index (κ3) is 5.79. The van der Waals surface area contributed by atoms with Gasteiger partial charge in [0.25, 0.3) is 0 Å². The summed E-state index contributed by atoms with van der Waals surface area (Å²) < 4.78 is 41.7. The summed E-state index contributed by atoms with van der Waals surface area (Å²) in [5, 5.41) is 11.7. The summed E-state index contributed by atoms with van der Waals surface area (Å²) in [4.78, 5) is 0. The van der Waals surface area contributed by atoms with Crippen LogP contribution in [-0.4, -0.2) is 37.1 Å². The Morgan fingerprint density at radius 3 is 2.25 bits per heavy atom. The molecule has 1 aromatic carbocycles. The number of alkyl halides is 3. The highest BCUT2D eigenvalue weighted by Crippen LogP contribution is 2.19. The summed E-state index contributed by atoms with van der Waals surface area (Å²) in [7, 11) is 1.57. The molecule has 1 aromatic rings. The lowest BCUT2D eigenvalue weighted by Gasteiger charge is -2.29. The molecular formula is C14H20F3NO2. The van der Waals surface area contributed by atoms with Gasteiger partial charge in [-0.2, -0.15) is 13.2 Å². The lowest BCUT2D eigenvalue weighted by Crippen LogP contribution is -2.49. The Morgan fingerprint density at radius 2 is 1.80 bits per heavy atom. The molecule has 0 radical (unpaired) electrons. The number of halogens is 3. The predicted octanol–water partition coefficient (Wildman–Crippen LogP) is 2.53. The van der Waals surface area contributed by atoms with Crippen LogP contribution in [0.5, 0.6) is 5.75 Å². The lowest BCUT2D eigenvalue weighted by molar-refractivity contribution is -0.129. The van der Waals surface area contributed by atoms with E-state index in [1.54, 1.807) is 26.2 Å². The van der Waals surface area contributed by atoms with Gasteiger partial charge in [-0.3, -0.25) is 0 Å². The summed E-state index contributed by atoms with van der Waals surface area (Å²) >= 11 is 0. The van der Waals surface area contributed by atoms with Crippen molar-refractivity contribution in [1.82, 2.24) is 5.32 Å². The van der Waals surface area contributed by atoms with Gasteiger partial charge >= 0.3 is 6.18 Å². The van der Waals surface area contributed by atoms with Crippen molar-refractivity contribution in [2.75, 3.05) is 20.3 Å². The highest BCUT2D eigenvalue weighted by Gasteiger charge is 2.32. The fourth-order valence-corrected chi connectivity index (χ4v) is 1.75. The van der Waals surface area contributed by atoms with Crippen molar-refractivity contribution in [1.29, 1.82) is 0 Å². The maximum Gasteiger partial charge on any atom is 0.401 e. The average molecular weight is 291 g/mol. The first-order chi connectivity index (χ1) is 9.28. The van der Waals surface area contributed by atoms with Gasteiger partial charge < -0.3 is 15.2 Å². The smallest absolute Gasteiger partial charge is 0.401 e. The Bertz CT molecular complexity index is 406. The van der Waals surface area contributed by atoms with Crippen LogP contribution < -0.4 is 10.1 Å². The molecule has 1 atom stereocenters. The molecule has 0 heterocycles. The minimum atomic E-state index is -4.28. The number of aryl methyl sites for hydroxylation is 1. The zero-order valence-corrected chi connectivity index (χ0v) is 11.6. The quantitative estimate of drug-likeness (QED) is 0.811. The fourth-order valence-electron chi connectivity index (χ4n) is 1.75. The molecule has 0 aromatic heterocycles. The molecule has 0 aliphatic carbocycles. The van der Waals surface area contributed by atoms with Gasteiger partial charge in [-0.1, -0.05) is 12.1 Å². The van der Waals surface area contributed by atoms with Gasteiger partial charge in [-0.15, -0.1) is 0 Å². The molecule has 20 heavy (non-hydrogen) atoms. The van der Waals surface area contributed by atoms with E-state index >= 15 is 0 Å². The highest BCUT2D eigenvalue weighted by molar-refractivity contribution is 5.27. The molecule has 0 amide bonds. The van der Waals surface area contributed by atoms with Crippen molar-refractivity contribution in [3.05, 3.63) is 29.8 Å².